The Kier molecular flexibility index (Phi) is 5.87. The van der Waals surface area contributed by atoms with E-state index in [0.717, 1.165) is 65.0 Å². The lowest BCUT2D eigenvalue weighted by molar-refractivity contribution is 0.0195. The van der Waals surface area contributed by atoms with Crippen LogP contribution >= 0.6 is 0 Å². The molecule has 2 aliphatic heterocycles. The lowest BCUT2D eigenvalue weighted by atomic mass is 10.2. The molecular weight excluding hydrogens is 292 g/mol. The molecule has 3 heterocycles. The third kappa shape index (κ3) is 4.45. The highest BCUT2D eigenvalue weighted by molar-refractivity contribution is 5.80. The molecule has 7 heteroatoms. The Hall–Kier alpha value is -1.60. The number of likely N-dealkylation sites (tertiary alicyclic amines) is 1. The van der Waals surface area contributed by atoms with Gasteiger partial charge in [0.2, 0.25) is 0 Å². The number of aliphatic imine (C=N–C) groups is 1. The topological polar surface area (TPSA) is 57.9 Å². The molecular formula is C16H28N6O. The predicted octanol–water partition coefficient (Wildman–Crippen LogP) is 0.255. The van der Waals surface area contributed by atoms with Crippen LogP contribution in [0.4, 0.5) is 0 Å². The highest BCUT2D eigenvalue weighted by Gasteiger charge is 2.30. The summed E-state index contributed by atoms with van der Waals surface area (Å²) in [4.78, 5) is 13.8. The molecule has 0 aromatic carbocycles. The van der Waals surface area contributed by atoms with Crippen LogP contribution in [0.25, 0.3) is 0 Å². The number of nitrogens with one attached hydrogen (secondary N) is 1. The van der Waals surface area contributed by atoms with Gasteiger partial charge in [-0.1, -0.05) is 0 Å². The third-order valence-corrected chi connectivity index (χ3v) is 4.54. The molecule has 0 radical (unpaired) electrons. The second-order valence-corrected chi connectivity index (χ2v) is 6.07. The minimum absolute atomic E-state index is 0.636. The zero-order valence-electron chi connectivity index (χ0n) is 14.0. The van der Waals surface area contributed by atoms with Crippen molar-refractivity contribution in [2.24, 2.45) is 4.99 Å². The molecule has 0 saturated carbocycles. The van der Waals surface area contributed by atoms with E-state index in [1.807, 2.05) is 18.7 Å². The van der Waals surface area contributed by atoms with Crippen molar-refractivity contribution in [3.05, 3.63) is 18.7 Å². The van der Waals surface area contributed by atoms with Crippen LogP contribution in [0, 0.1) is 0 Å². The molecule has 1 N–H and O–H groups in total. The summed E-state index contributed by atoms with van der Waals surface area (Å²) in [5.74, 6) is 1.04. The lowest BCUT2D eigenvalue weighted by Crippen LogP contribution is -2.46. The fourth-order valence-electron chi connectivity index (χ4n) is 3.29. The smallest absolute Gasteiger partial charge is 0.194 e. The molecule has 0 spiro atoms. The lowest BCUT2D eigenvalue weighted by Gasteiger charge is -2.32. The Labute approximate surface area is 138 Å². The zero-order chi connectivity index (χ0) is 15.9. The number of guanidine groups is 1. The third-order valence-electron chi connectivity index (χ3n) is 4.54. The van der Waals surface area contributed by atoms with Gasteiger partial charge in [-0.05, 0) is 13.3 Å². The number of hydrogen-bond donors (Lipinski definition) is 1. The summed E-state index contributed by atoms with van der Waals surface area (Å²) in [6.07, 6.45) is 6.84. The summed E-state index contributed by atoms with van der Waals surface area (Å²) in [6, 6.07) is 0.636. The van der Waals surface area contributed by atoms with E-state index < -0.39 is 0 Å². The van der Waals surface area contributed by atoms with Crippen molar-refractivity contribution in [3.63, 3.8) is 0 Å². The van der Waals surface area contributed by atoms with Gasteiger partial charge in [-0.25, -0.2) is 4.98 Å². The SMILES string of the molecule is CCNC(=NCCn1ccnc1)N1CCC(N2CCOCC2)C1. The number of ether oxygens (including phenoxy) is 1. The molecule has 1 unspecified atom stereocenters. The van der Waals surface area contributed by atoms with E-state index in [9.17, 15) is 0 Å². The number of imidazole rings is 1. The molecule has 23 heavy (non-hydrogen) atoms. The Balaban J connectivity index is 1.53. The summed E-state index contributed by atoms with van der Waals surface area (Å²) < 4.78 is 7.52. The number of nitrogens with zero attached hydrogens (tertiary/aromatic N) is 5. The minimum atomic E-state index is 0.636. The van der Waals surface area contributed by atoms with Crippen LogP contribution in [0.15, 0.2) is 23.7 Å². The summed E-state index contributed by atoms with van der Waals surface area (Å²) in [7, 11) is 0. The van der Waals surface area contributed by atoms with Crippen molar-refractivity contribution in [2.75, 3.05) is 52.5 Å². The van der Waals surface area contributed by atoms with Gasteiger partial charge in [0, 0.05) is 57.7 Å². The molecule has 1 atom stereocenters. The molecule has 7 nitrogen and oxygen atoms in total. The van der Waals surface area contributed by atoms with Gasteiger partial charge in [0.05, 0.1) is 26.1 Å². The molecule has 2 saturated heterocycles. The van der Waals surface area contributed by atoms with Crippen molar-refractivity contribution in [1.29, 1.82) is 0 Å². The Morgan fingerprint density at radius 2 is 2.22 bits per heavy atom. The number of aromatic nitrogens is 2. The van der Waals surface area contributed by atoms with Crippen LogP contribution in [0.1, 0.15) is 13.3 Å². The first-order valence-electron chi connectivity index (χ1n) is 8.67. The van der Waals surface area contributed by atoms with Crippen LogP contribution < -0.4 is 5.32 Å². The monoisotopic (exact) mass is 320 g/mol. The normalized spacial score (nSPS) is 23.4. The molecule has 2 fully saturated rings. The molecule has 0 aliphatic carbocycles. The molecule has 128 valence electrons. The van der Waals surface area contributed by atoms with E-state index in [0.29, 0.717) is 6.04 Å². The van der Waals surface area contributed by atoms with Crippen molar-refractivity contribution >= 4 is 5.96 Å². The molecule has 1 aromatic heterocycles. The van der Waals surface area contributed by atoms with E-state index in [2.05, 4.69) is 31.6 Å². The van der Waals surface area contributed by atoms with E-state index in [4.69, 9.17) is 9.73 Å². The van der Waals surface area contributed by atoms with Gasteiger partial charge >= 0.3 is 0 Å². The van der Waals surface area contributed by atoms with Crippen LogP contribution in [-0.2, 0) is 11.3 Å². The first-order chi connectivity index (χ1) is 11.4. The summed E-state index contributed by atoms with van der Waals surface area (Å²) >= 11 is 0. The van der Waals surface area contributed by atoms with E-state index in [-0.39, 0.29) is 0 Å². The molecule has 0 bridgehead atoms. The Morgan fingerprint density at radius 1 is 1.35 bits per heavy atom. The van der Waals surface area contributed by atoms with Gasteiger partial charge in [-0.3, -0.25) is 9.89 Å². The molecule has 0 amide bonds. The van der Waals surface area contributed by atoms with Gasteiger partial charge in [-0.2, -0.15) is 0 Å². The zero-order valence-corrected chi connectivity index (χ0v) is 14.0. The van der Waals surface area contributed by atoms with Crippen molar-refractivity contribution < 1.29 is 4.74 Å². The molecule has 1 aromatic rings. The molecule has 3 rings (SSSR count). The standard InChI is InChI=1S/C16H28N6O/c1-2-18-16(19-5-8-20-7-4-17-14-20)22-6-3-15(13-22)21-9-11-23-12-10-21/h4,7,14-15H,2-3,5-6,8-13H2,1H3,(H,18,19). The number of rotatable bonds is 5. The quantitative estimate of drug-likeness (QED) is 0.623. The number of hydrogen-bond acceptors (Lipinski definition) is 4. The first kappa shape index (κ1) is 16.3. The fraction of sp³-hybridized carbons (Fsp3) is 0.750. The van der Waals surface area contributed by atoms with Gasteiger partial charge in [-0.15, -0.1) is 0 Å². The summed E-state index contributed by atoms with van der Waals surface area (Å²) in [5, 5.41) is 3.44. The average molecular weight is 320 g/mol. The van der Waals surface area contributed by atoms with Crippen LogP contribution in [0.5, 0.6) is 0 Å². The van der Waals surface area contributed by atoms with Crippen LogP contribution in [-0.4, -0.2) is 83.8 Å². The van der Waals surface area contributed by atoms with E-state index in [1.54, 1.807) is 0 Å². The highest BCUT2D eigenvalue weighted by Crippen LogP contribution is 2.17. The van der Waals surface area contributed by atoms with Crippen molar-refractivity contribution in [3.8, 4) is 0 Å². The summed E-state index contributed by atoms with van der Waals surface area (Å²) in [5.41, 5.74) is 0. The van der Waals surface area contributed by atoms with E-state index in [1.165, 1.54) is 6.42 Å². The van der Waals surface area contributed by atoms with Crippen LogP contribution in [0.2, 0.25) is 0 Å². The second-order valence-electron chi connectivity index (χ2n) is 6.07. The summed E-state index contributed by atoms with van der Waals surface area (Å²) in [6.45, 7) is 10.7. The Bertz CT molecular complexity index is 483. The molecule has 2 aliphatic rings. The maximum absolute atomic E-state index is 5.46. The van der Waals surface area contributed by atoms with Crippen molar-refractivity contribution in [2.45, 2.75) is 25.9 Å². The second kappa shape index (κ2) is 8.31. The largest absolute Gasteiger partial charge is 0.379 e. The maximum atomic E-state index is 5.46. The van der Waals surface area contributed by atoms with Crippen molar-refractivity contribution in [1.82, 2.24) is 24.7 Å². The van der Waals surface area contributed by atoms with Gasteiger partial charge in [0.25, 0.3) is 0 Å². The first-order valence-corrected chi connectivity index (χ1v) is 8.67. The van der Waals surface area contributed by atoms with Gasteiger partial charge in [0.1, 0.15) is 0 Å². The fourth-order valence-corrected chi connectivity index (χ4v) is 3.29. The maximum Gasteiger partial charge on any atom is 0.194 e. The Morgan fingerprint density at radius 3 is 2.96 bits per heavy atom. The van der Waals surface area contributed by atoms with Crippen LogP contribution in [0.3, 0.4) is 0 Å². The average Bonchev–Trinajstić information content (AvgIpc) is 3.27. The number of morpholine rings is 1. The van der Waals surface area contributed by atoms with E-state index >= 15 is 0 Å². The van der Waals surface area contributed by atoms with Gasteiger partial charge in [0.15, 0.2) is 5.96 Å². The van der Waals surface area contributed by atoms with Gasteiger partial charge < -0.3 is 19.5 Å². The highest BCUT2D eigenvalue weighted by atomic mass is 16.5. The minimum Gasteiger partial charge on any atom is -0.379 e. The predicted molar refractivity (Wildman–Crippen MR) is 90.6 cm³/mol.